The number of hydrogen-bond donors (Lipinski definition) is 1. The number of carbonyl (C=O) groups excluding carboxylic acids is 1. The van der Waals surface area contributed by atoms with Crippen LogP contribution in [0.2, 0.25) is 0 Å². The number of nitrogens with zero attached hydrogens (tertiary/aromatic N) is 1. The van der Waals surface area contributed by atoms with E-state index in [2.05, 4.69) is 10.5 Å². The summed E-state index contributed by atoms with van der Waals surface area (Å²) in [4.78, 5) is 38.0. The van der Waals surface area contributed by atoms with E-state index in [0.29, 0.717) is 16.6 Å². The van der Waals surface area contributed by atoms with Crippen LogP contribution in [0.1, 0.15) is 22.8 Å². The van der Waals surface area contributed by atoms with Crippen molar-refractivity contribution in [3.8, 4) is 0 Å². The van der Waals surface area contributed by atoms with E-state index in [0.717, 1.165) is 26.9 Å². The summed E-state index contributed by atoms with van der Waals surface area (Å²) in [7, 11) is 0. The van der Waals surface area contributed by atoms with Crippen LogP contribution in [0, 0.1) is 0 Å². The molecule has 0 aliphatic rings. The minimum atomic E-state index is -0.778. The highest BCUT2D eigenvalue weighted by atomic mass is 16.4. The molecule has 0 aliphatic heterocycles. The lowest BCUT2D eigenvalue weighted by atomic mass is 10.0. The third kappa shape index (κ3) is 3.54. The number of hydrazone groups is 1. The number of rotatable bonds is 3. The van der Waals surface area contributed by atoms with Crippen LogP contribution in [0.15, 0.2) is 108 Å². The van der Waals surface area contributed by atoms with Crippen LogP contribution in [0.3, 0.4) is 0 Å². The molecule has 0 bridgehead atoms. The van der Waals surface area contributed by atoms with Crippen molar-refractivity contribution in [2.75, 3.05) is 0 Å². The maximum atomic E-state index is 12.9. The lowest BCUT2D eigenvalue weighted by Gasteiger charge is -2.07. The van der Waals surface area contributed by atoms with Crippen LogP contribution in [-0.4, -0.2) is 11.6 Å². The molecule has 2 heterocycles. The van der Waals surface area contributed by atoms with Gasteiger partial charge in [0.15, 0.2) is 0 Å². The number of benzene rings is 4. The molecule has 7 heteroatoms. The van der Waals surface area contributed by atoms with Crippen molar-refractivity contribution in [3.63, 3.8) is 0 Å². The van der Waals surface area contributed by atoms with E-state index in [-0.39, 0.29) is 16.8 Å². The predicted molar refractivity (Wildman–Crippen MR) is 140 cm³/mol. The van der Waals surface area contributed by atoms with E-state index < -0.39 is 17.2 Å². The molecule has 0 unspecified atom stereocenters. The summed E-state index contributed by atoms with van der Waals surface area (Å²) < 4.78 is 10.9. The van der Waals surface area contributed by atoms with Gasteiger partial charge in [0.25, 0.3) is 5.91 Å². The summed E-state index contributed by atoms with van der Waals surface area (Å²) in [6, 6.07) is 25.8. The van der Waals surface area contributed by atoms with Crippen LogP contribution in [0.5, 0.6) is 0 Å². The van der Waals surface area contributed by atoms with E-state index in [4.69, 9.17) is 8.83 Å². The third-order valence-corrected chi connectivity index (χ3v) is 6.24. The summed E-state index contributed by atoms with van der Waals surface area (Å²) in [5.74, 6) is -0.742. The maximum Gasteiger partial charge on any atom is 0.349 e. The summed E-state index contributed by atoms with van der Waals surface area (Å²) in [5.41, 5.74) is 2.11. The van der Waals surface area contributed by atoms with Gasteiger partial charge in [-0.05, 0) is 52.7 Å². The van der Waals surface area contributed by atoms with Crippen molar-refractivity contribution in [1.29, 1.82) is 0 Å². The fourth-order valence-electron chi connectivity index (χ4n) is 4.41. The number of nitrogens with one attached hydrogen (secondary N) is 1. The molecule has 6 rings (SSSR count). The summed E-state index contributed by atoms with van der Waals surface area (Å²) in [6.45, 7) is 1.58. The normalized spacial score (nSPS) is 12.0. The first-order valence-electron chi connectivity index (χ1n) is 11.3. The lowest BCUT2D eigenvalue weighted by molar-refractivity contribution is 0.0951. The van der Waals surface area contributed by atoms with Gasteiger partial charge >= 0.3 is 11.3 Å². The van der Waals surface area contributed by atoms with Gasteiger partial charge in [-0.2, -0.15) is 5.10 Å². The Kier molecular flexibility index (Phi) is 4.97. The molecular weight excluding hydrogens is 456 g/mol. The van der Waals surface area contributed by atoms with E-state index in [9.17, 15) is 14.4 Å². The SMILES string of the molecule is C/C(=N\NC(=O)c1cc2c(ccc3ccccc32)oc1=O)c1cc2c(ccc3ccccc32)oc1=O. The van der Waals surface area contributed by atoms with E-state index in [1.165, 1.54) is 6.07 Å². The van der Waals surface area contributed by atoms with E-state index in [1.54, 1.807) is 25.1 Å². The van der Waals surface area contributed by atoms with Gasteiger partial charge in [0.05, 0.1) is 11.3 Å². The second kappa shape index (κ2) is 8.32. The second-order valence-corrected chi connectivity index (χ2v) is 8.43. The van der Waals surface area contributed by atoms with Crippen LogP contribution in [-0.2, 0) is 0 Å². The minimum absolute atomic E-state index is 0.188. The Morgan fingerprint density at radius 3 is 1.75 bits per heavy atom. The monoisotopic (exact) mass is 474 g/mol. The van der Waals surface area contributed by atoms with Crippen molar-refractivity contribution >= 4 is 55.1 Å². The number of carbonyl (C=O) groups is 1. The van der Waals surface area contributed by atoms with Gasteiger partial charge in [-0.15, -0.1) is 0 Å². The van der Waals surface area contributed by atoms with Gasteiger partial charge < -0.3 is 8.83 Å². The van der Waals surface area contributed by atoms with Gasteiger partial charge in [0.2, 0.25) is 0 Å². The highest BCUT2D eigenvalue weighted by molar-refractivity contribution is 6.10. The standard InChI is InChI=1S/C29H18N2O5/c1-16(21-14-22-19-8-4-2-6-17(19)10-12-25(22)35-28(21)33)30-31-27(32)24-15-23-20-9-5-3-7-18(20)11-13-26(23)36-29(24)34/h2-15H,1H3,(H,31,32)/b30-16+. The maximum absolute atomic E-state index is 12.9. The predicted octanol–water partition coefficient (Wildman–Crippen LogP) is 5.36. The number of fused-ring (bicyclic) bond motifs is 6. The average Bonchev–Trinajstić information content (AvgIpc) is 2.90. The lowest BCUT2D eigenvalue weighted by Crippen LogP contribution is -2.26. The zero-order valence-corrected chi connectivity index (χ0v) is 19.1. The Balaban J connectivity index is 1.38. The molecule has 0 radical (unpaired) electrons. The fourth-order valence-corrected chi connectivity index (χ4v) is 4.41. The summed E-state index contributed by atoms with van der Waals surface area (Å²) in [5, 5.41) is 9.21. The molecule has 7 nitrogen and oxygen atoms in total. The molecule has 6 aromatic rings. The van der Waals surface area contributed by atoms with Crippen molar-refractivity contribution in [1.82, 2.24) is 5.43 Å². The molecule has 0 spiro atoms. The first kappa shape index (κ1) is 21.5. The summed E-state index contributed by atoms with van der Waals surface area (Å²) in [6.07, 6.45) is 0. The molecular formula is C29H18N2O5. The zero-order chi connectivity index (χ0) is 24.8. The Morgan fingerprint density at radius 1 is 0.667 bits per heavy atom. The van der Waals surface area contributed by atoms with Crippen molar-refractivity contribution in [2.45, 2.75) is 6.92 Å². The number of hydrogen-bond acceptors (Lipinski definition) is 6. The quantitative estimate of drug-likeness (QED) is 0.161. The Labute approximate surface area is 203 Å². The van der Waals surface area contributed by atoms with E-state index >= 15 is 0 Å². The van der Waals surface area contributed by atoms with Gasteiger partial charge in [-0.25, -0.2) is 15.0 Å². The van der Waals surface area contributed by atoms with Gasteiger partial charge in [0.1, 0.15) is 16.7 Å². The molecule has 1 amide bonds. The first-order valence-corrected chi connectivity index (χ1v) is 11.3. The smallest absolute Gasteiger partial charge is 0.349 e. The Bertz CT molecular complexity index is 2000. The molecule has 0 atom stereocenters. The van der Waals surface area contributed by atoms with Gasteiger partial charge in [-0.1, -0.05) is 60.7 Å². The largest absolute Gasteiger partial charge is 0.422 e. The van der Waals surface area contributed by atoms with Crippen molar-refractivity contribution in [2.24, 2.45) is 5.10 Å². The first-order chi connectivity index (χ1) is 17.5. The fraction of sp³-hybridized carbons (Fsp3) is 0.0345. The molecule has 4 aromatic carbocycles. The molecule has 2 aromatic heterocycles. The van der Waals surface area contributed by atoms with Crippen molar-refractivity contribution in [3.05, 3.63) is 117 Å². The second-order valence-electron chi connectivity index (χ2n) is 8.43. The molecule has 36 heavy (non-hydrogen) atoms. The molecule has 0 saturated heterocycles. The van der Waals surface area contributed by atoms with Crippen LogP contribution in [0.4, 0.5) is 0 Å². The van der Waals surface area contributed by atoms with Crippen molar-refractivity contribution < 1.29 is 13.6 Å². The van der Waals surface area contributed by atoms with E-state index in [1.807, 2.05) is 60.7 Å². The third-order valence-electron chi connectivity index (χ3n) is 6.24. The van der Waals surface area contributed by atoms with Crippen LogP contribution < -0.4 is 16.7 Å². The van der Waals surface area contributed by atoms with Crippen LogP contribution >= 0.6 is 0 Å². The zero-order valence-electron chi connectivity index (χ0n) is 19.1. The summed E-state index contributed by atoms with van der Waals surface area (Å²) >= 11 is 0. The highest BCUT2D eigenvalue weighted by Crippen LogP contribution is 2.26. The molecule has 174 valence electrons. The van der Waals surface area contributed by atoms with Gasteiger partial charge in [0, 0.05) is 10.8 Å². The van der Waals surface area contributed by atoms with Gasteiger partial charge in [-0.3, -0.25) is 4.79 Å². The van der Waals surface area contributed by atoms with Crippen LogP contribution in [0.25, 0.3) is 43.5 Å². The Hall–Kier alpha value is -5.04. The molecule has 0 saturated carbocycles. The molecule has 0 fully saturated rings. The minimum Gasteiger partial charge on any atom is -0.422 e. The Morgan fingerprint density at radius 2 is 1.17 bits per heavy atom. The molecule has 0 aliphatic carbocycles. The molecule has 1 N–H and O–H groups in total. The average molecular weight is 474 g/mol. The highest BCUT2D eigenvalue weighted by Gasteiger charge is 2.16. The topological polar surface area (TPSA) is 102 Å². The number of amides is 1.